The molecule has 0 aliphatic rings. The molecule has 17 aromatic heterocycles. The number of hydrogen-bond donors (Lipinski definition) is 12. The van der Waals surface area contributed by atoms with Crippen molar-refractivity contribution in [1.82, 2.24) is 101 Å². The number of carbonyl (C=O) groups is 4. The molecule has 4 amide bonds. The Morgan fingerprint density at radius 2 is 0.678 bits per heavy atom. The normalized spacial score (nSPS) is 10.8. The zero-order chi connectivity index (χ0) is 107. The third kappa shape index (κ3) is 26.5. The van der Waals surface area contributed by atoms with Crippen LogP contribution in [0, 0.1) is 11.6 Å². The molecule has 19 rings (SSSR count). The van der Waals surface area contributed by atoms with Gasteiger partial charge in [0.1, 0.15) is 33.9 Å². The zero-order valence-corrected chi connectivity index (χ0v) is 82.5. The maximum absolute atomic E-state index is 13.2. The highest BCUT2D eigenvalue weighted by Gasteiger charge is 2.22. The van der Waals surface area contributed by atoms with E-state index >= 15 is 0 Å². The van der Waals surface area contributed by atoms with Crippen molar-refractivity contribution in [2.24, 2.45) is 0 Å². The van der Waals surface area contributed by atoms with Crippen LogP contribution >= 0.6 is 11.3 Å². The quantitative estimate of drug-likeness (QED) is 0.0280. The molecule has 0 aliphatic carbocycles. The molecule has 45 heteroatoms. The van der Waals surface area contributed by atoms with Gasteiger partial charge in [-0.3, -0.25) is 98.1 Å². The van der Waals surface area contributed by atoms with E-state index in [9.17, 15) is 107 Å². The summed E-state index contributed by atoms with van der Waals surface area (Å²) in [5.74, 6) is -3.23. The number of amides is 4. The van der Waals surface area contributed by atoms with E-state index in [0.717, 1.165) is 99.5 Å². The van der Waals surface area contributed by atoms with Gasteiger partial charge in [0.25, 0.3) is 68.1 Å². The van der Waals surface area contributed by atoms with Crippen molar-refractivity contribution >= 4 is 95.5 Å². The molecule has 2 aromatic carbocycles. The lowest BCUT2D eigenvalue weighted by atomic mass is 10.1. The minimum atomic E-state index is -0.685. The molecule has 42 nitrogen and oxygen atoms in total. The van der Waals surface area contributed by atoms with Gasteiger partial charge < -0.3 is 61.7 Å². The number of rotatable bonds is 22. The third-order valence-electron chi connectivity index (χ3n) is 22.6. The second-order valence-electron chi connectivity index (χ2n) is 33.0. The Labute approximate surface area is 847 Å². The van der Waals surface area contributed by atoms with Gasteiger partial charge in [0.05, 0.1) is 10.2 Å². The van der Waals surface area contributed by atoms with E-state index in [1.54, 1.807) is 73.6 Å². The molecule has 0 aliphatic heterocycles. The third-order valence-corrected chi connectivity index (χ3v) is 23.5. The smallest absolute Gasteiger partial charge is 0.270 e. The molecule has 0 atom stereocenters. The van der Waals surface area contributed by atoms with E-state index in [1.807, 2.05) is 34.6 Å². The predicted molar refractivity (Wildman–Crippen MR) is 554 cm³/mol. The number of unbranched alkanes of at least 4 members (excludes halogenated alkanes) is 2. The first-order valence-electron chi connectivity index (χ1n) is 46.8. The lowest BCUT2D eigenvalue weighted by Gasteiger charge is -2.17. The molecule has 770 valence electrons. The first-order chi connectivity index (χ1) is 71.6. The summed E-state index contributed by atoms with van der Waals surface area (Å²) in [7, 11) is 0. The number of hydrogen-bond acceptors (Lipinski definition) is 31. The van der Waals surface area contributed by atoms with Crippen molar-refractivity contribution in [2.45, 2.75) is 119 Å². The molecular weight excluding hydrogens is 1950 g/mol. The van der Waals surface area contributed by atoms with E-state index in [-0.39, 0.29) is 136 Å². The second-order valence-corrected chi connectivity index (χ2v) is 34.1. The number of nitrogens with zero attached hydrogens (tertiary/aromatic N) is 18. The fraction of sp³-hybridized carbons (Fsp3) is 0.221. The van der Waals surface area contributed by atoms with Crippen LogP contribution in [0.3, 0.4) is 0 Å². The SMILES string of the molecule is CC(C)c1cnc2c(O)cccn2c1=O.CCCCNC(=O)c1cnc2c(O)cccn2c1=O.CCCCc1cnc2c(O)cccn2c1=O.CCCc1cnc2c(O)cccn2c1=O.CCN(CC)CCNC(=O)c1cnc2c(O)cccn2c1=O.CCc1cnc2c(O)cccn2c1=O.O=C(NCc1ccc(F)cc1)c1cnc2c(O)cccn2c1=O.O=C(Nc1nc2ccc(F)cc2s1)c1cnc2c(O)cccn2c1=O. The second kappa shape index (κ2) is 51.0. The topological polar surface area (TPSA) is 569 Å². The molecule has 0 fully saturated rings. The maximum atomic E-state index is 13.2. The highest BCUT2D eigenvalue weighted by molar-refractivity contribution is 7.22. The minimum absolute atomic E-state index is 0.0184. The van der Waals surface area contributed by atoms with Crippen molar-refractivity contribution < 1.29 is 68.8 Å². The van der Waals surface area contributed by atoms with Crippen molar-refractivity contribution in [3.05, 3.63) is 383 Å². The van der Waals surface area contributed by atoms with Crippen molar-refractivity contribution in [3.63, 3.8) is 0 Å². The molecular formula is C104H104F2N22O20S. The fourth-order valence-corrected chi connectivity index (χ4v) is 15.4. The standard InChI is InChI=1S/C16H9FN4O3S.C16H12FN3O3.C15H20N4O3.C13H15N3O3.C12H14N2O2.2C11H12N2O2.C10H10N2O2/c17-8-3-4-10-12(6-8)25-16(19-10)20-14(23)9-7-18-13-11(22)2-1-5-21(13)15(9)24;17-11-5-3-10(4-6-11)8-19-15(22)12-9-18-14-13(21)2-1-7-20(14)16(12)23;1-3-18(4-2)9-7-16-14(21)11-10-17-13-12(20)6-5-8-19(13)15(11)22;1-2-3-6-14-12(18)9-8-15-11-10(17)5-4-7-16(11)13(9)19;1-2-3-5-9-8-13-11-10(15)6-4-7-14(11)12(9)16;1-7(2)8-6-12-10-9(14)4-3-5-13(10)11(8)15;1-2-4-8-7-12-10-9(14)5-3-6-13(10)11(8)15;1-2-7-6-11-9-8(13)4-3-5-12(9)10(7)14/h1-7,22H,(H,19,20,23);1-7,9,21H,8H2,(H,19,22);5-6,8,10,20H,3-4,7,9H2,1-2H3,(H,16,21);4-5,7-8,17H,2-3,6H2,1H3,(H,14,18);4,6-8,15H,2-3,5H2,1H3;3-7,14H,1-2H3;3,5-7,14H,2,4H2,1H3;3-6,13H,2H2,1H3. The van der Waals surface area contributed by atoms with Crippen LogP contribution in [0.1, 0.15) is 163 Å². The number of aryl methyl sites for hydroxylation is 3. The van der Waals surface area contributed by atoms with Gasteiger partial charge >= 0.3 is 0 Å². The number of aromatic hydroxyl groups is 8. The molecule has 17 heterocycles. The van der Waals surface area contributed by atoms with E-state index in [2.05, 4.69) is 91.8 Å². The summed E-state index contributed by atoms with van der Waals surface area (Å²) in [5, 5.41) is 87.3. The van der Waals surface area contributed by atoms with Crippen LogP contribution in [0.2, 0.25) is 0 Å². The molecule has 12 N–H and O–H groups in total. The van der Waals surface area contributed by atoms with Gasteiger partial charge in [0.15, 0.2) is 96.3 Å². The van der Waals surface area contributed by atoms with Crippen LogP contribution in [0.5, 0.6) is 46.0 Å². The molecule has 19 aromatic rings. The van der Waals surface area contributed by atoms with E-state index in [4.69, 9.17) is 0 Å². The fourth-order valence-electron chi connectivity index (χ4n) is 14.5. The summed E-state index contributed by atoms with van der Waals surface area (Å²) in [6, 6.07) is 34.0. The molecule has 0 radical (unpaired) electrons. The Morgan fingerprint density at radius 3 is 1.04 bits per heavy atom. The number of carbonyl (C=O) groups excluding carboxylic acids is 4. The Kier molecular flexibility index (Phi) is 37.3. The van der Waals surface area contributed by atoms with Gasteiger partial charge in [0.2, 0.25) is 0 Å². The van der Waals surface area contributed by atoms with Crippen molar-refractivity contribution in [1.29, 1.82) is 0 Å². The molecule has 149 heavy (non-hydrogen) atoms. The van der Waals surface area contributed by atoms with E-state index in [0.29, 0.717) is 86.6 Å². The lowest BCUT2D eigenvalue weighted by molar-refractivity contribution is 0.0939. The summed E-state index contributed by atoms with van der Waals surface area (Å²) in [4.78, 5) is 183. The summed E-state index contributed by atoms with van der Waals surface area (Å²) in [6.45, 7) is 19.7. The van der Waals surface area contributed by atoms with Gasteiger partial charge in [-0.2, -0.15) is 0 Å². The molecule has 0 saturated carbocycles. The number of aromatic nitrogens is 17. The van der Waals surface area contributed by atoms with Gasteiger partial charge in [-0.05, 0) is 184 Å². The van der Waals surface area contributed by atoms with Crippen LogP contribution < -0.4 is 65.7 Å². The van der Waals surface area contributed by atoms with Gasteiger partial charge in [-0.1, -0.05) is 98.1 Å². The first-order valence-corrected chi connectivity index (χ1v) is 47.7. The summed E-state index contributed by atoms with van der Waals surface area (Å²) in [5.41, 5.74) is 2.51. The average molecular weight is 2050 g/mol. The Bertz CT molecular complexity index is 8670. The van der Waals surface area contributed by atoms with Gasteiger partial charge in [-0.15, -0.1) is 0 Å². The van der Waals surface area contributed by atoms with Crippen LogP contribution in [0.25, 0.3) is 55.4 Å². The Balaban J connectivity index is 0.000000152. The number of anilines is 1. The largest absolute Gasteiger partial charge is 0.504 e. The van der Waals surface area contributed by atoms with Crippen LogP contribution in [-0.2, 0) is 25.8 Å². The maximum Gasteiger partial charge on any atom is 0.270 e. The Morgan fingerprint density at radius 1 is 0.356 bits per heavy atom. The molecule has 0 saturated heterocycles. The number of benzene rings is 2. The summed E-state index contributed by atoms with van der Waals surface area (Å²) in [6.07, 6.45) is 29.8. The first kappa shape index (κ1) is 109. The minimum Gasteiger partial charge on any atom is -0.504 e. The van der Waals surface area contributed by atoms with Crippen LogP contribution in [0.4, 0.5) is 13.9 Å². The number of pyridine rings is 8. The van der Waals surface area contributed by atoms with Crippen LogP contribution in [-0.4, -0.2) is 182 Å². The monoisotopic (exact) mass is 2050 g/mol. The predicted octanol–water partition coefficient (Wildman–Crippen LogP) is 10.9. The summed E-state index contributed by atoms with van der Waals surface area (Å²) < 4.78 is 36.6. The van der Waals surface area contributed by atoms with E-state index < -0.39 is 51.7 Å². The molecule has 0 spiro atoms. The molecule has 0 bridgehead atoms. The van der Waals surface area contributed by atoms with E-state index in [1.165, 1.54) is 170 Å². The zero-order valence-electron chi connectivity index (χ0n) is 81.7. The van der Waals surface area contributed by atoms with Crippen molar-refractivity contribution in [2.75, 3.05) is 38.0 Å². The van der Waals surface area contributed by atoms with Crippen molar-refractivity contribution in [3.8, 4) is 46.0 Å². The number of fused-ring (bicyclic) bond motifs is 9. The van der Waals surface area contributed by atoms with Gasteiger partial charge in [-0.25, -0.2) is 53.6 Å². The summed E-state index contributed by atoms with van der Waals surface area (Å²) >= 11 is 1.09. The Hall–Kier alpha value is -18.7. The molecule has 0 unspecified atom stereocenters. The highest BCUT2D eigenvalue weighted by atomic mass is 32.1. The number of likely N-dealkylation sites (N-methyl/N-ethyl adjacent to an activating group) is 1. The van der Waals surface area contributed by atoms with Crippen LogP contribution in [0.15, 0.2) is 277 Å². The van der Waals surface area contributed by atoms with Gasteiger partial charge in [0, 0.05) is 148 Å². The number of nitrogens with one attached hydrogen (secondary N) is 4. The average Bonchev–Trinajstić information content (AvgIpc) is 1.71. The number of thiazole rings is 1. The lowest BCUT2D eigenvalue weighted by Crippen LogP contribution is -2.37. The number of halogens is 2. The highest BCUT2D eigenvalue weighted by Crippen LogP contribution is 2.28.